The number of rotatable bonds is 11. The van der Waals surface area contributed by atoms with Gasteiger partial charge in [-0.2, -0.15) is 0 Å². The monoisotopic (exact) mass is 584 g/mol. The Morgan fingerprint density at radius 3 is 1.76 bits per heavy atom. The summed E-state index contributed by atoms with van der Waals surface area (Å²) in [7, 11) is 19.0. The Bertz CT molecular complexity index is 184. The van der Waals surface area contributed by atoms with Gasteiger partial charge in [0.1, 0.15) is 0 Å². The molecule has 0 aliphatic carbocycles. The number of halogens is 1. The van der Waals surface area contributed by atoms with Crippen LogP contribution in [-0.2, 0) is 0 Å². The molecule has 0 aromatic rings. The van der Waals surface area contributed by atoms with E-state index in [9.17, 15) is 0 Å². The summed E-state index contributed by atoms with van der Waals surface area (Å²) in [6.07, 6.45) is 0. The van der Waals surface area contributed by atoms with Crippen LogP contribution >= 0.6 is 156 Å². The molecule has 0 aromatic heterocycles. The first kappa shape index (κ1) is 22.0. The lowest BCUT2D eigenvalue weighted by atomic mass is 10.6. The highest BCUT2D eigenvalue weighted by molar-refractivity contribution is 14.1. The Balaban J connectivity index is 3.06. The van der Waals surface area contributed by atoms with Gasteiger partial charge in [-0.05, 0) is 116 Å². The van der Waals surface area contributed by atoms with E-state index in [2.05, 4.69) is 41.2 Å². The predicted molar refractivity (Wildman–Crippen MR) is 129 cm³/mol. The first-order valence-corrected chi connectivity index (χ1v) is 20.2. The van der Waals surface area contributed by atoms with Gasteiger partial charge in [-0.25, -0.2) is 0 Å². The number of alkyl halides is 1. The number of hydrogen-bond acceptors (Lipinski definition) is 13. The maximum absolute atomic E-state index is 5.22. The van der Waals surface area contributed by atoms with E-state index < -0.39 is 0 Å². The van der Waals surface area contributed by atoms with Crippen LogP contribution in [0.1, 0.15) is 6.92 Å². The van der Waals surface area contributed by atoms with Crippen LogP contribution in [0.25, 0.3) is 0 Å². The Kier molecular flexibility index (Phi) is 22.5. The molecular formula is C3H5IS13. The van der Waals surface area contributed by atoms with Crippen molar-refractivity contribution < 1.29 is 0 Å². The van der Waals surface area contributed by atoms with E-state index in [-0.39, 0.29) is 0 Å². The van der Waals surface area contributed by atoms with E-state index in [1.54, 1.807) is 99.2 Å². The van der Waals surface area contributed by atoms with Gasteiger partial charge in [-0.1, -0.05) is 46.5 Å². The maximum Gasteiger partial charge on any atom is 0.0721 e. The molecule has 0 bridgehead atoms. The zero-order valence-electron chi connectivity index (χ0n) is 7.80. The van der Waals surface area contributed by atoms with E-state index in [1.807, 2.05) is 0 Å². The van der Waals surface area contributed by atoms with Gasteiger partial charge in [0, 0.05) is 0 Å². The number of hydrogen-bond donors (Lipinski definition) is 1. The van der Waals surface area contributed by atoms with Gasteiger partial charge in [0.2, 0.25) is 0 Å². The fourth-order valence-corrected chi connectivity index (χ4v) is 26.6. The molecule has 0 amide bonds. The zero-order valence-corrected chi connectivity index (χ0v) is 20.7. The quantitative estimate of drug-likeness (QED) is 0.0614. The van der Waals surface area contributed by atoms with Crippen LogP contribution in [0.4, 0.5) is 0 Å². The van der Waals surface area contributed by atoms with Crippen molar-refractivity contribution in [2.24, 2.45) is 0 Å². The largest absolute Gasteiger partial charge is 0.0988 e. The molecule has 17 heavy (non-hydrogen) atoms. The standard InChI is InChI=1S/C3H5IS13/c1-2(4)3(5)7-9-11-13-15-17-16-14-12-10-8-6/h2,6H,1H3. The topological polar surface area (TPSA) is 0 Å². The highest BCUT2D eigenvalue weighted by atomic mass is 127. The van der Waals surface area contributed by atoms with E-state index in [0.717, 1.165) is 4.20 Å². The zero-order chi connectivity index (χ0) is 12.9. The van der Waals surface area contributed by atoms with Crippen LogP contribution in [0.3, 0.4) is 0 Å². The molecule has 14 heteroatoms. The SMILES string of the molecule is CC(I)C(=S)SSSSSSSSSSSS. The van der Waals surface area contributed by atoms with E-state index in [0.29, 0.717) is 3.92 Å². The Morgan fingerprint density at radius 2 is 1.35 bits per heavy atom. The van der Waals surface area contributed by atoms with Crippen molar-refractivity contribution >= 4 is 160 Å². The van der Waals surface area contributed by atoms with Gasteiger partial charge >= 0.3 is 0 Å². The van der Waals surface area contributed by atoms with Crippen molar-refractivity contribution in [2.45, 2.75) is 10.8 Å². The summed E-state index contributed by atoms with van der Waals surface area (Å²) in [6, 6.07) is 0. The molecule has 0 nitrogen and oxygen atoms in total. The lowest BCUT2D eigenvalue weighted by Crippen LogP contribution is -1.98. The highest BCUT2D eigenvalue weighted by Gasteiger charge is 2.05. The second-order valence-electron chi connectivity index (χ2n) is 1.71. The van der Waals surface area contributed by atoms with Gasteiger partial charge in [-0.15, -0.1) is 0 Å². The first-order chi connectivity index (χ1) is 8.18. The molecule has 0 radical (unpaired) electrons. The molecular weight excluding hydrogens is 580 g/mol. The van der Waals surface area contributed by atoms with E-state index in [1.165, 1.54) is 9.83 Å². The normalized spacial score (nSPS) is 12.6. The van der Waals surface area contributed by atoms with Crippen molar-refractivity contribution in [3.05, 3.63) is 0 Å². The molecule has 1 unspecified atom stereocenters. The molecule has 0 N–H and O–H groups in total. The average Bonchev–Trinajstić information content (AvgIpc) is 2.31. The van der Waals surface area contributed by atoms with Crippen LogP contribution in [0, 0.1) is 0 Å². The number of thiocarbonyl (C=S) groups is 1. The summed E-state index contributed by atoms with van der Waals surface area (Å²) in [5.74, 6) is 0. The van der Waals surface area contributed by atoms with Crippen molar-refractivity contribution in [3.8, 4) is 0 Å². The fraction of sp³-hybridized carbons (Fsp3) is 0.667. The second-order valence-corrected chi connectivity index (χ2v) is 23.2. The molecule has 0 aliphatic heterocycles. The van der Waals surface area contributed by atoms with Crippen LogP contribution < -0.4 is 0 Å². The summed E-state index contributed by atoms with van der Waals surface area (Å²) in [6.45, 7) is 2.12. The molecule has 0 aromatic carbocycles. The minimum Gasteiger partial charge on any atom is -0.0988 e. The Hall–Kier alpha value is 5.02. The summed E-state index contributed by atoms with van der Waals surface area (Å²) in [5, 5.41) is 0. The predicted octanol–water partition coefficient (Wildman–Crippen LogP) is 9.20. The molecule has 0 spiro atoms. The van der Waals surface area contributed by atoms with Gasteiger partial charge in [-0.3, -0.25) is 0 Å². The lowest BCUT2D eigenvalue weighted by molar-refractivity contribution is 1.42. The fourth-order valence-electron chi connectivity index (χ4n) is 0.206. The molecule has 0 saturated carbocycles. The van der Waals surface area contributed by atoms with Gasteiger partial charge in [0.05, 0.1) is 8.12 Å². The second kappa shape index (κ2) is 17.4. The molecule has 0 saturated heterocycles. The summed E-state index contributed by atoms with van der Waals surface area (Å²) in [4.78, 5) is 0. The molecule has 102 valence electrons. The molecule has 0 aliphatic rings. The lowest BCUT2D eigenvalue weighted by Gasteiger charge is -2.02. The molecule has 1 atom stereocenters. The Morgan fingerprint density at radius 1 is 0.941 bits per heavy atom. The molecule has 0 fully saturated rings. The number of thiol groups is 1. The molecule has 0 heterocycles. The summed E-state index contributed by atoms with van der Waals surface area (Å²) < 4.78 is 1.52. The third kappa shape index (κ3) is 17.2. The Labute approximate surface area is 167 Å². The summed E-state index contributed by atoms with van der Waals surface area (Å²) >= 11 is 11.6. The minimum absolute atomic E-state index is 0.457. The van der Waals surface area contributed by atoms with Crippen molar-refractivity contribution in [1.29, 1.82) is 0 Å². The highest BCUT2D eigenvalue weighted by Crippen LogP contribution is 2.61. The van der Waals surface area contributed by atoms with Crippen LogP contribution in [-0.4, -0.2) is 8.12 Å². The van der Waals surface area contributed by atoms with Crippen LogP contribution in [0.2, 0.25) is 0 Å². The van der Waals surface area contributed by atoms with E-state index in [4.69, 9.17) is 12.2 Å². The maximum atomic E-state index is 5.22. The average molecular weight is 585 g/mol. The van der Waals surface area contributed by atoms with Crippen molar-refractivity contribution in [3.63, 3.8) is 0 Å². The smallest absolute Gasteiger partial charge is 0.0721 e. The summed E-state index contributed by atoms with van der Waals surface area (Å²) in [5.41, 5.74) is 0. The van der Waals surface area contributed by atoms with Crippen molar-refractivity contribution in [2.75, 3.05) is 0 Å². The third-order valence-electron chi connectivity index (χ3n) is 0.694. The third-order valence-corrected chi connectivity index (χ3v) is 25.2. The van der Waals surface area contributed by atoms with E-state index >= 15 is 0 Å². The van der Waals surface area contributed by atoms with Gasteiger partial charge in [0.25, 0.3) is 0 Å². The van der Waals surface area contributed by atoms with Crippen molar-refractivity contribution in [1.82, 2.24) is 0 Å². The minimum atomic E-state index is 0.457. The van der Waals surface area contributed by atoms with Gasteiger partial charge < -0.3 is 0 Å². The van der Waals surface area contributed by atoms with Crippen LogP contribution in [0.15, 0.2) is 0 Å². The molecule has 0 rings (SSSR count). The van der Waals surface area contributed by atoms with Crippen LogP contribution in [0.5, 0.6) is 0 Å². The van der Waals surface area contributed by atoms with Gasteiger partial charge in [0.15, 0.2) is 0 Å². The first-order valence-electron chi connectivity index (χ1n) is 3.34.